The van der Waals surface area contributed by atoms with E-state index < -0.39 is 0 Å². The van der Waals surface area contributed by atoms with Crippen molar-refractivity contribution in [3.8, 4) is 5.75 Å². The Morgan fingerprint density at radius 2 is 1.71 bits per heavy atom. The Kier molecular flexibility index (Phi) is 7.19. The van der Waals surface area contributed by atoms with Gasteiger partial charge in [0.15, 0.2) is 5.75 Å². The van der Waals surface area contributed by atoms with Crippen molar-refractivity contribution in [2.45, 2.75) is 57.5 Å². The Morgan fingerprint density at radius 3 is 2.29 bits per heavy atom. The maximum absolute atomic E-state index is 12.7. The SMILES string of the molecule is CC(=O)N1CCC[C@@H]1C(=O)N1CCCN(C2CCC2)CC1.Oc1cncnc1. The van der Waals surface area contributed by atoms with Crippen LogP contribution >= 0.6 is 0 Å². The summed E-state index contributed by atoms with van der Waals surface area (Å²) in [6.07, 6.45) is 10.9. The van der Waals surface area contributed by atoms with Gasteiger partial charge in [-0.15, -0.1) is 0 Å². The van der Waals surface area contributed by atoms with Crippen molar-refractivity contribution >= 4 is 11.8 Å². The smallest absolute Gasteiger partial charge is 0.245 e. The first-order valence-corrected chi connectivity index (χ1v) is 10.3. The first kappa shape index (κ1) is 20.5. The molecule has 8 nitrogen and oxygen atoms in total. The number of aromatic nitrogens is 2. The summed E-state index contributed by atoms with van der Waals surface area (Å²) in [7, 11) is 0. The van der Waals surface area contributed by atoms with E-state index in [9.17, 15) is 9.59 Å². The lowest BCUT2D eigenvalue weighted by atomic mass is 9.91. The third-order valence-electron chi connectivity index (χ3n) is 5.92. The van der Waals surface area contributed by atoms with Crippen LogP contribution in [0.25, 0.3) is 0 Å². The van der Waals surface area contributed by atoms with Crippen LogP contribution in [0.4, 0.5) is 0 Å². The third kappa shape index (κ3) is 5.19. The first-order valence-electron chi connectivity index (χ1n) is 10.3. The molecule has 28 heavy (non-hydrogen) atoms. The van der Waals surface area contributed by atoms with Crippen LogP contribution in [-0.4, -0.2) is 86.4 Å². The minimum atomic E-state index is -0.197. The summed E-state index contributed by atoms with van der Waals surface area (Å²) in [5.74, 6) is 0.317. The fourth-order valence-electron chi connectivity index (χ4n) is 4.18. The minimum absolute atomic E-state index is 0.0387. The second kappa shape index (κ2) is 9.82. The van der Waals surface area contributed by atoms with Crippen LogP contribution in [-0.2, 0) is 9.59 Å². The molecule has 8 heteroatoms. The minimum Gasteiger partial charge on any atom is -0.505 e. The molecule has 0 radical (unpaired) electrons. The number of carbonyl (C=O) groups excluding carboxylic acids is 2. The highest BCUT2D eigenvalue weighted by molar-refractivity contribution is 5.87. The number of rotatable bonds is 2. The van der Waals surface area contributed by atoms with Gasteiger partial charge in [0, 0.05) is 45.7 Å². The molecule has 154 valence electrons. The van der Waals surface area contributed by atoms with Crippen molar-refractivity contribution in [3.63, 3.8) is 0 Å². The molecule has 2 aliphatic heterocycles. The topological polar surface area (TPSA) is 89.9 Å². The van der Waals surface area contributed by atoms with Crippen LogP contribution < -0.4 is 0 Å². The van der Waals surface area contributed by atoms with Gasteiger partial charge in [0.05, 0.1) is 12.4 Å². The molecule has 1 saturated carbocycles. The Balaban J connectivity index is 0.000000271. The predicted octanol–water partition coefficient (Wildman–Crippen LogP) is 1.27. The summed E-state index contributed by atoms with van der Waals surface area (Å²) in [6.45, 7) is 6.13. The maximum atomic E-state index is 12.7. The number of nitrogens with zero attached hydrogens (tertiary/aromatic N) is 5. The lowest BCUT2D eigenvalue weighted by Crippen LogP contribution is -2.48. The lowest BCUT2D eigenvalue weighted by molar-refractivity contribution is -0.142. The first-order chi connectivity index (χ1) is 13.6. The highest BCUT2D eigenvalue weighted by Gasteiger charge is 2.36. The van der Waals surface area contributed by atoms with Crippen molar-refractivity contribution in [1.29, 1.82) is 0 Å². The molecule has 3 fully saturated rings. The average molecular weight is 390 g/mol. The summed E-state index contributed by atoms with van der Waals surface area (Å²) in [4.78, 5) is 37.8. The molecular formula is C20H31N5O3. The van der Waals surface area contributed by atoms with E-state index in [0.29, 0.717) is 0 Å². The molecule has 3 heterocycles. The van der Waals surface area contributed by atoms with Crippen molar-refractivity contribution < 1.29 is 14.7 Å². The van der Waals surface area contributed by atoms with Gasteiger partial charge in [-0.05, 0) is 32.1 Å². The van der Waals surface area contributed by atoms with Gasteiger partial charge in [0.1, 0.15) is 12.4 Å². The molecule has 2 saturated heterocycles. The van der Waals surface area contributed by atoms with E-state index in [1.807, 2.05) is 4.90 Å². The molecule has 0 spiro atoms. The summed E-state index contributed by atoms with van der Waals surface area (Å²) < 4.78 is 0. The molecule has 4 rings (SSSR count). The normalized spacial score (nSPS) is 23.4. The van der Waals surface area contributed by atoms with Crippen molar-refractivity contribution in [2.24, 2.45) is 0 Å². The summed E-state index contributed by atoms with van der Waals surface area (Å²) in [5, 5.41) is 8.51. The largest absolute Gasteiger partial charge is 0.505 e. The van der Waals surface area contributed by atoms with Gasteiger partial charge >= 0.3 is 0 Å². The highest BCUT2D eigenvalue weighted by Crippen LogP contribution is 2.26. The monoisotopic (exact) mass is 389 g/mol. The van der Waals surface area contributed by atoms with E-state index in [4.69, 9.17) is 5.11 Å². The maximum Gasteiger partial charge on any atom is 0.245 e. The Morgan fingerprint density at radius 1 is 0.964 bits per heavy atom. The van der Waals surface area contributed by atoms with E-state index in [2.05, 4.69) is 14.9 Å². The number of carbonyl (C=O) groups is 2. The molecule has 1 aliphatic carbocycles. The molecule has 3 aliphatic rings. The third-order valence-corrected chi connectivity index (χ3v) is 5.92. The number of hydrogen-bond acceptors (Lipinski definition) is 6. The van der Waals surface area contributed by atoms with Gasteiger partial charge in [-0.1, -0.05) is 6.42 Å². The van der Waals surface area contributed by atoms with Crippen LogP contribution in [0.15, 0.2) is 18.7 Å². The fourth-order valence-corrected chi connectivity index (χ4v) is 4.18. The molecule has 0 unspecified atom stereocenters. The van der Waals surface area contributed by atoms with E-state index in [1.165, 1.54) is 38.0 Å². The average Bonchev–Trinajstić information content (AvgIpc) is 3.02. The Hall–Kier alpha value is -2.22. The van der Waals surface area contributed by atoms with Gasteiger partial charge in [-0.3, -0.25) is 14.5 Å². The zero-order valence-electron chi connectivity index (χ0n) is 16.7. The van der Waals surface area contributed by atoms with Crippen LogP contribution in [0, 0.1) is 0 Å². The molecular weight excluding hydrogens is 358 g/mol. The van der Waals surface area contributed by atoms with Crippen molar-refractivity contribution in [2.75, 3.05) is 32.7 Å². The van der Waals surface area contributed by atoms with Gasteiger partial charge in [0.2, 0.25) is 11.8 Å². The van der Waals surface area contributed by atoms with Crippen LogP contribution in [0.5, 0.6) is 5.75 Å². The zero-order chi connectivity index (χ0) is 19.9. The summed E-state index contributed by atoms with van der Waals surface area (Å²) in [5.41, 5.74) is 0. The molecule has 2 amide bonds. The predicted molar refractivity (Wildman–Crippen MR) is 105 cm³/mol. The second-order valence-electron chi connectivity index (χ2n) is 7.77. The zero-order valence-corrected chi connectivity index (χ0v) is 16.7. The van der Waals surface area contributed by atoms with Crippen molar-refractivity contribution in [1.82, 2.24) is 24.7 Å². The molecule has 1 atom stereocenters. The quantitative estimate of drug-likeness (QED) is 0.819. The Bertz CT molecular complexity index is 653. The standard InChI is InChI=1S/C16H27N3O2.C4H4N2O/c1-13(20)19-10-3-7-15(19)16(21)18-9-4-8-17(11-12-18)14-5-2-6-14;7-4-1-5-3-6-2-4/h14-15H,2-12H2,1H3;1-3,7H/t15-;/m1./s1. The van der Waals surface area contributed by atoms with Crippen LogP contribution in [0.1, 0.15) is 45.4 Å². The fraction of sp³-hybridized carbons (Fsp3) is 0.700. The molecule has 0 bridgehead atoms. The van der Waals surface area contributed by atoms with Crippen LogP contribution in [0.3, 0.4) is 0 Å². The van der Waals surface area contributed by atoms with Crippen molar-refractivity contribution in [3.05, 3.63) is 18.7 Å². The second-order valence-corrected chi connectivity index (χ2v) is 7.77. The van der Waals surface area contributed by atoms with Gasteiger partial charge < -0.3 is 14.9 Å². The highest BCUT2D eigenvalue weighted by atomic mass is 16.3. The number of amides is 2. The van der Waals surface area contributed by atoms with Crippen LogP contribution in [0.2, 0.25) is 0 Å². The van der Waals surface area contributed by atoms with E-state index >= 15 is 0 Å². The van der Waals surface area contributed by atoms with E-state index in [-0.39, 0.29) is 23.6 Å². The lowest BCUT2D eigenvalue weighted by Gasteiger charge is -2.36. The van der Waals surface area contributed by atoms with E-state index in [0.717, 1.165) is 58.0 Å². The number of aromatic hydroxyl groups is 1. The van der Waals surface area contributed by atoms with E-state index in [1.54, 1.807) is 11.8 Å². The number of likely N-dealkylation sites (tertiary alicyclic amines) is 1. The molecule has 1 aromatic rings. The van der Waals surface area contributed by atoms with Gasteiger partial charge in [-0.25, -0.2) is 9.97 Å². The van der Waals surface area contributed by atoms with Gasteiger partial charge in [-0.2, -0.15) is 0 Å². The molecule has 1 aromatic heterocycles. The number of hydrogen-bond donors (Lipinski definition) is 1. The summed E-state index contributed by atoms with van der Waals surface area (Å²) >= 11 is 0. The van der Waals surface area contributed by atoms with Gasteiger partial charge in [0.25, 0.3) is 0 Å². The summed E-state index contributed by atoms with van der Waals surface area (Å²) in [6, 6.07) is 0.568. The Labute approximate surface area is 166 Å². The molecule has 1 N–H and O–H groups in total. The molecule has 0 aromatic carbocycles.